The van der Waals surface area contributed by atoms with E-state index in [4.69, 9.17) is 12.2 Å². The molecule has 78 valence electrons. The third-order valence-corrected chi connectivity index (χ3v) is 3.87. The monoisotopic (exact) mass is 237 g/mol. The second kappa shape index (κ2) is 4.33. The standard InChI is InChI=1S/C11H11NOS2/c1-8(13)12-10(7-15-11(12)14)9-5-3-2-4-6-9/h2-6,10H,7H2,1H3. The van der Waals surface area contributed by atoms with Crippen molar-refractivity contribution in [1.29, 1.82) is 0 Å². The maximum atomic E-state index is 11.5. The van der Waals surface area contributed by atoms with Crippen molar-refractivity contribution in [3.63, 3.8) is 0 Å². The van der Waals surface area contributed by atoms with Gasteiger partial charge >= 0.3 is 0 Å². The predicted molar refractivity (Wildman–Crippen MR) is 66.8 cm³/mol. The number of carbonyl (C=O) groups excluding carboxylic acids is 1. The zero-order valence-corrected chi connectivity index (χ0v) is 9.98. The molecule has 1 atom stereocenters. The van der Waals surface area contributed by atoms with Crippen molar-refractivity contribution in [2.75, 3.05) is 5.75 Å². The lowest BCUT2D eigenvalue weighted by atomic mass is 10.1. The second-order valence-corrected chi connectivity index (χ2v) is 5.05. The van der Waals surface area contributed by atoms with Gasteiger partial charge in [-0.15, -0.1) is 0 Å². The van der Waals surface area contributed by atoms with Crippen LogP contribution in [0.4, 0.5) is 0 Å². The Morgan fingerprint density at radius 1 is 1.47 bits per heavy atom. The van der Waals surface area contributed by atoms with Gasteiger partial charge in [0.2, 0.25) is 5.91 Å². The van der Waals surface area contributed by atoms with Crippen LogP contribution in [-0.2, 0) is 4.79 Å². The summed E-state index contributed by atoms with van der Waals surface area (Å²) < 4.78 is 0.691. The summed E-state index contributed by atoms with van der Waals surface area (Å²) >= 11 is 6.73. The van der Waals surface area contributed by atoms with Crippen molar-refractivity contribution in [3.8, 4) is 0 Å². The number of hydrogen-bond donors (Lipinski definition) is 0. The quantitative estimate of drug-likeness (QED) is 0.700. The summed E-state index contributed by atoms with van der Waals surface area (Å²) in [4.78, 5) is 13.2. The third-order valence-electron chi connectivity index (χ3n) is 2.40. The van der Waals surface area contributed by atoms with Crippen molar-refractivity contribution in [2.24, 2.45) is 0 Å². The lowest BCUT2D eigenvalue weighted by Crippen LogP contribution is -2.31. The highest BCUT2D eigenvalue weighted by Crippen LogP contribution is 2.35. The molecule has 1 heterocycles. The molecule has 1 unspecified atom stereocenters. The molecule has 1 aromatic rings. The Kier molecular flexibility index (Phi) is 3.07. The van der Waals surface area contributed by atoms with E-state index in [9.17, 15) is 4.79 Å². The lowest BCUT2D eigenvalue weighted by molar-refractivity contribution is -0.126. The van der Waals surface area contributed by atoms with E-state index in [1.54, 1.807) is 23.6 Å². The van der Waals surface area contributed by atoms with Gasteiger partial charge in [0.25, 0.3) is 0 Å². The van der Waals surface area contributed by atoms with Gasteiger partial charge in [0.05, 0.1) is 6.04 Å². The van der Waals surface area contributed by atoms with Gasteiger partial charge in [0.15, 0.2) is 0 Å². The van der Waals surface area contributed by atoms with Gasteiger partial charge in [-0.05, 0) is 5.56 Å². The van der Waals surface area contributed by atoms with Crippen molar-refractivity contribution in [2.45, 2.75) is 13.0 Å². The van der Waals surface area contributed by atoms with E-state index < -0.39 is 0 Å². The Balaban J connectivity index is 2.30. The number of benzene rings is 1. The molecule has 0 aromatic heterocycles. The van der Waals surface area contributed by atoms with E-state index in [2.05, 4.69) is 0 Å². The highest BCUT2D eigenvalue weighted by atomic mass is 32.2. The van der Waals surface area contributed by atoms with Gasteiger partial charge in [-0.3, -0.25) is 9.69 Å². The molecule has 2 rings (SSSR count). The number of carbonyl (C=O) groups is 1. The van der Waals surface area contributed by atoms with Gasteiger partial charge in [-0.1, -0.05) is 54.3 Å². The van der Waals surface area contributed by atoms with Crippen LogP contribution in [0.1, 0.15) is 18.5 Å². The maximum absolute atomic E-state index is 11.5. The van der Waals surface area contributed by atoms with Crippen LogP contribution in [0.15, 0.2) is 30.3 Å². The fourth-order valence-corrected chi connectivity index (χ4v) is 3.19. The molecule has 1 amide bonds. The number of thiocarbonyl (C=S) groups is 1. The van der Waals surface area contributed by atoms with Gasteiger partial charge in [-0.25, -0.2) is 0 Å². The fraction of sp³-hybridized carbons (Fsp3) is 0.273. The van der Waals surface area contributed by atoms with Crippen molar-refractivity contribution >= 4 is 34.2 Å². The molecule has 0 spiro atoms. The van der Waals surface area contributed by atoms with Gasteiger partial charge in [0, 0.05) is 12.7 Å². The molecule has 0 bridgehead atoms. The zero-order valence-electron chi connectivity index (χ0n) is 8.34. The number of rotatable bonds is 1. The average molecular weight is 237 g/mol. The van der Waals surface area contributed by atoms with Crippen molar-refractivity contribution in [1.82, 2.24) is 4.90 Å². The van der Waals surface area contributed by atoms with E-state index in [0.717, 1.165) is 11.3 Å². The highest BCUT2D eigenvalue weighted by molar-refractivity contribution is 8.23. The molecule has 15 heavy (non-hydrogen) atoms. The van der Waals surface area contributed by atoms with Crippen LogP contribution in [0.2, 0.25) is 0 Å². The minimum Gasteiger partial charge on any atom is -0.290 e. The zero-order chi connectivity index (χ0) is 10.8. The molecule has 1 aliphatic rings. The summed E-state index contributed by atoms with van der Waals surface area (Å²) in [7, 11) is 0. The van der Waals surface area contributed by atoms with Crippen LogP contribution in [0, 0.1) is 0 Å². The first-order chi connectivity index (χ1) is 7.20. The van der Waals surface area contributed by atoms with E-state index in [1.165, 1.54) is 0 Å². The molecule has 0 N–H and O–H groups in total. The lowest BCUT2D eigenvalue weighted by Gasteiger charge is -2.22. The van der Waals surface area contributed by atoms with E-state index in [1.807, 2.05) is 30.3 Å². The number of amides is 1. The Hall–Kier alpha value is -0.870. The van der Waals surface area contributed by atoms with Crippen LogP contribution < -0.4 is 0 Å². The first-order valence-corrected chi connectivity index (χ1v) is 6.11. The molecule has 0 aliphatic carbocycles. The van der Waals surface area contributed by atoms with Gasteiger partial charge in [0.1, 0.15) is 4.32 Å². The molecule has 1 saturated heterocycles. The van der Waals surface area contributed by atoms with E-state index >= 15 is 0 Å². The Labute approximate surface area is 98.7 Å². The molecule has 1 aromatic carbocycles. The Morgan fingerprint density at radius 2 is 2.13 bits per heavy atom. The third kappa shape index (κ3) is 2.06. The summed E-state index contributed by atoms with van der Waals surface area (Å²) in [6.45, 7) is 1.56. The Morgan fingerprint density at radius 3 is 2.73 bits per heavy atom. The van der Waals surface area contributed by atoms with Crippen LogP contribution in [-0.4, -0.2) is 20.9 Å². The largest absolute Gasteiger partial charge is 0.290 e. The summed E-state index contributed by atoms with van der Waals surface area (Å²) in [6, 6.07) is 10.1. The minimum absolute atomic E-state index is 0.0267. The van der Waals surface area contributed by atoms with E-state index in [-0.39, 0.29) is 11.9 Å². The highest BCUT2D eigenvalue weighted by Gasteiger charge is 2.32. The predicted octanol–water partition coefficient (Wildman–Crippen LogP) is 2.61. The average Bonchev–Trinajstić information content (AvgIpc) is 2.61. The number of hydrogen-bond acceptors (Lipinski definition) is 3. The SMILES string of the molecule is CC(=O)N1C(=S)SCC1c1ccccc1. The normalized spacial score (nSPS) is 20.7. The smallest absolute Gasteiger partial charge is 0.225 e. The molecule has 0 radical (unpaired) electrons. The summed E-state index contributed by atoms with van der Waals surface area (Å²) in [5.74, 6) is 0.890. The van der Waals surface area contributed by atoms with Crippen molar-refractivity contribution < 1.29 is 4.79 Å². The molecule has 2 nitrogen and oxygen atoms in total. The van der Waals surface area contributed by atoms with Gasteiger partial charge < -0.3 is 0 Å². The first-order valence-electron chi connectivity index (χ1n) is 4.71. The fourth-order valence-electron chi connectivity index (χ4n) is 1.69. The number of thioether (sulfide) groups is 1. The molecular weight excluding hydrogens is 226 g/mol. The maximum Gasteiger partial charge on any atom is 0.225 e. The van der Waals surface area contributed by atoms with E-state index in [0.29, 0.717) is 4.32 Å². The summed E-state index contributed by atoms with van der Waals surface area (Å²) in [5.41, 5.74) is 1.15. The number of nitrogens with zero attached hydrogens (tertiary/aromatic N) is 1. The van der Waals surface area contributed by atoms with Crippen LogP contribution in [0.25, 0.3) is 0 Å². The molecule has 1 fully saturated rings. The summed E-state index contributed by atoms with van der Waals surface area (Å²) in [6.07, 6.45) is 0. The van der Waals surface area contributed by atoms with Crippen LogP contribution in [0.3, 0.4) is 0 Å². The topological polar surface area (TPSA) is 20.3 Å². The first kappa shape index (κ1) is 10.6. The summed E-state index contributed by atoms with van der Waals surface area (Å²) in [5, 5.41) is 0. The van der Waals surface area contributed by atoms with Gasteiger partial charge in [-0.2, -0.15) is 0 Å². The molecule has 0 saturated carbocycles. The molecule has 4 heteroatoms. The van der Waals surface area contributed by atoms with Crippen LogP contribution >= 0.6 is 24.0 Å². The molecular formula is C11H11NOS2. The minimum atomic E-state index is 0.0267. The molecule has 1 aliphatic heterocycles. The van der Waals surface area contributed by atoms with Crippen molar-refractivity contribution in [3.05, 3.63) is 35.9 Å². The second-order valence-electron chi connectivity index (χ2n) is 3.39. The van der Waals surface area contributed by atoms with Crippen LogP contribution in [0.5, 0.6) is 0 Å². The Bertz CT molecular complexity index is 391.